The van der Waals surface area contributed by atoms with Crippen LogP contribution >= 0.6 is 11.6 Å². The van der Waals surface area contributed by atoms with Crippen LogP contribution in [0.2, 0.25) is 5.02 Å². The van der Waals surface area contributed by atoms with Crippen LogP contribution in [-0.2, 0) is 6.54 Å². The summed E-state index contributed by atoms with van der Waals surface area (Å²) < 4.78 is 26.9. The third kappa shape index (κ3) is 2.68. The quantitative estimate of drug-likeness (QED) is 0.797. The highest BCUT2D eigenvalue weighted by Crippen LogP contribution is 2.30. The monoisotopic (exact) mass is 262 g/mol. The van der Waals surface area contributed by atoms with Gasteiger partial charge < -0.3 is 10.4 Å². The fourth-order valence-corrected chi connectivity index (χ4v) is 2.08. The standard InChI is InChI=1S/C11H13ClF2N2O/c12-8-5-9(13)11(17)7(10(8)14)6-16-3-1-15-2-4-16/h5,15,17H,1-4,6H2. The van der Waals surface area contributed by atoms with E-state index < -0.39 is 17.4 Å². The van der Waals surface area contributed by atoms with Gasteiger partial charge in [0.1, 0.15) is 5.82 Å². The molecule has 0 aromatic heterocycles. The van der Waals surface area contributed by atoms with Gasteiger partial charge in [0.2, 0.25) is 0 Å². The molecule has 0 radical (unpaired) electrons. The minimum Gasteiger partial charge on any atom is -0.505 e. The van der Waals surface area contributed by atoms with Gasteiger partial charge >= 0.3 is 0 Å². The highest BCUT2D eigenvalue weighted by Gasteiger charge is 2.20. The lowest BCUT2D eigenvalue weighted by Gasteiger charge is -2.27. The number of hydrogen-bond donors (Lipinski definition) is 2. The fraction of sp³-hybridized carbons (Fsp3) is 0.455. The summed E-state index contributed by atoms with van der Waals surface area (Å²) in [6, 6.07) is 0.785. The number of phenols is 1. The molecule has 17 heavy (non-hydrogen) atoms. The molecule has 1 aromatic carbocycles. The summed E-state index contributed by atoms with van der Waals surface area (Å²) in [5.41, 5.74) is -0.0723. The third-order valence-electron chi connectivity index (χ3n) is 2.83. The molecule has 1 fully saturated rings. The summed E-state index contributed by atoms with van der Waals surface area (Å²) in [7, 11) is 0. The summed E-state index contributed by atoms with van der Waals surface area (Å²) in [6.45, 7) is 3.22. The molecule has 1 aliphatic heterocycles. The molecule has 0 saturated carbocycles. The average molecular weight is 263 g/mol. The predicted molar refractivity (Wildman–Crippen MR) is 61.2 cm³/mol. The Labute approximate surface area is 103 Å². The van der Waals surface area contributed by atoms with Crippen LogP contribution in [0.1, 0.15) is 5.56 Å². The number of piperazine rings is 1. The first kappa shape index (κ1) is 12.5. The van der Waals surface area contributed by atoms with Crippen molar-refractivity contribution in [3.63, 3.8) is 0 Å². The molecule has 1 aliphatic rings. The van der Waals surface area contributed by atoms with Crippen molar-refractivity contribution >= 4 is 11.6 Å². The molecule has 6 heteroatoms. The van der Waals surface area contributed by atoms with Gasteiger partial charge in [-0.05, 0) is 6.07 Å². The molecule has 2 N–H and O–H groups in total. The van der Waals surface area contributed by atoms with Crippen molar-refractivity contribution in [3.8, 4) is 5.75 Å². The van der Waals surface area contributed by atoms with E-state index in [9.17, 15) is 13.9 Å². The van der Waals surface area contributed by atoms with Crippen LogP contribution in [-0.4, -0.2) is 36.2 Å². The first-order valence-corrected chi connectivity index (χ1v) is 5.76. The zero-order chi connectivity index (χ0) is 12.4. The zero-order valence-corrected chi connectivity index (χ0v) is 9.90. The Balaban J connectivity index is 2.24. The third-order valence-corrected chi connectivity index (χ3v) is 3.11. The summed E-state index contributed by atoms with van der Waals surface area (Å²) in [6.07, 6.45) is 0. The fourth-order valence-electron chi connectivity index (χ4n) is 1.87. The van der Waals surface area contributed by atoms with E-state index in [1.165, 1.54) is 0 Å². The van der Waals surface area contributed by atoms with Gasteiger partial charge in [-0.2, -0.15) is 0 Å². The van der Waals surface area contributed by atoms with E-state index >= 15 is 0 Å². The minimum atomic E-state index is -0.887. The molecule has 2 rings (SSSR count). The van der Waals surface area contributed by atoms with Crippen molar-refractivity contribution in [3.05, 3.63) is 28.3 Å². The van der Waals surface area contributed by atoms with Gasteiger partial charge in [0.05, 0.1) is 5.02 Å². The molecule has 94 valence electrons. The molecule has 0 bridgehead atoms. The summed E-state index contributed by atoms with van der Waals surface area (Å²) in [5, 5.41) is 12.4. The molecule has 1 heterocycles. The lowest BCUT2D eigenvalue weighted by atomic mass is 10.1. The zero-order valence-electron chi connectivity index (χ0n) is 9.14. The van der Waals surface area contributed by atoms with Crippen molar-refractivity contribution in [1.82, 2.24) is 10.2 Å². The van der Waals surface area contributed by atoms with Gasteiger partial charge in [-0.25, -0.2) is 8.78 Å². The number of phenolic OH excluding ortho intramolecular Hbond substituents is 1. The van der Waals surface area contributed by atoms with Crippen LogP contribution in [0.5, 0.6) is 5.75 Å². The average Bonchev–Trinajstić information content (AvgIpc) is 2.33. The van der Waals surface area contributed by atoms with Crippen LogP contribution in [0.15, 0.2) is 6.07 Å². The van der Waals surface area contributed by atoms with Crippen molar-refractivity contribution in [2.45, 2.75) is 6.54 Å². The largest absolute Gasteiger partial charge is 0.505 e. The number of benzene rings is 1. The number of rotatable bonds is 2. The molecule has 0 unspecified atom stereocenters. The van der Waals surface area contributed by atoms with Crippen LogP contribution in [0.25, 0.3) is 0 Å². The molecule has 0 atom stereocenters. The Kier molecular flexibility index (Phi) is 3.81. The van der Waals surface area contributed by atoms with Gasteiger partial charge in [0.25, 0.3) is 0 Å². The molecule has 0 aliphatic carbocycles. The highest BCUT2D eigenvalue weighted by molar-refractivity contribution is 6.30. The van der Waals surface area contributed by atoms with E-state index in [4.69, 9.17) is 11.6 Å². The van der Waals surface area contributed by atoms with Gasteiger partial charge in [-0.3, -0.25) is 4.90 Å². The minimum absolute atomic E-state index is 0.0723. The van der Waals surface area contributed by atoms with Crippen LogP contribution < -0.4 is 5.32 Å². The van der Waals surface area contributed by atoms with Crippen molar-refractivity contribution in [2.75, 3.05) is 26.2 Å². The van der Waals surface area contributed by atoms with Gasteiger partial charge in [0.15, 0.2) is 11.6 Å². The Hall–Kier alpha value is -0.910. The smallest absolute Gasteiger partial charge is 0.166 e. The second kappa shape index (κ2) is 5.16. The molecule has 1 saturated heterocycles. The lowest BCUT2D eigenvalue weighted by molar-refractivity contribution is 0.226. The normalized spacial score (nSPS) is 17.4. The van der Waals surface area contributed by atoms with E-state index in [1.54, 1.807) is 0 Å². The molecule has 0 spiro atoms. The second-order valence-electron chi connectivity index (χ2n) is 4.01. The first-order valence-electron chi connectivity index (χ1n) is 5.38. The Morgan fingerprint density at radius 1 is 1.35 bits per heavy atom. The first-order chi connectivity index (χ1) is 8.09. The maximum atomic E-state index is 13.7. The lowest BCUT2D eigenvalue weighted by Crippen LogP contribution is -2.43. The van der Waals surface area contributed by atoms with Gasteiger partial charge in [-0.15, -0.1) is 0 Å². The number of nitrogens with one attached hydrogen (secondary N) is 1. The molecule has 1 aromatic rings. The second-order valence-corrected chi connectivity index (χ2v) is 4.41. The van der Waals surface area contributed by atoms with E-state index in [1.807, 2.05) is 4.90 Å². The van der Waals surface area contributed by atoms with Crippen molar-refractivity contribution in [2.24, 2.45) is 0 Å². The molecule has 3 nitrogen and oxygen atoms in total. The summed E-state index contributed by atoms with van der Waals surface area (Å²) in [5.74, 6) is -2.28. The van der Waals surface area contributed by atoms with Crippen LogP contribution in [0, 0.1) is 11.6 Å². The van der Waals surface area contributed by atoms with Crippen LogP contribution in [0.3, 0.4) is 0 Å². The maximum absolute atomic E-state index is 13.7. The number of nitrogens with zero attached hydrogens (tertiary/aromatic N) is 1. The summed E-state index contributed by atoms with van der Waals surface area (Å²) in [4.78, 5) is 1.93. The van der Waals surface area contributed by atoms with E-state index in [-0.39, 0.29) is 17.1 Å². The Morgan fingerprint density at radius 3 is 2.65 bits per heavy atom. The Bertz CT molecular complexity index is 396. The molecular weight excluding hydrogens is 250 g/mol. The number of hydrogen-bond acceptors (Lipinski definition) is 3. The SMILES string of the molecule is Oc1c(F)cc(Cl)c(F)c1CN1CCNCC1. The van der Waals surface area contributed by atoms with Crippen LogP contribution in [0.4, 0.5) is 8.78 Å². The molecular formula is C11H13ClF2N2O. The van der Waals surface area contributed by atoms with E-state index in [0.717, 1.165) is 32.2 Å². The number of halogens is 3. The van der Waals surface area contributed by atoms with Crippen molar-refractivity contribution in [1.29, 1.82) is 0 Å². The Morgan fingerprint density at radius 2 is 2.00 bits per heavy atom. The van der Waals surface area contributed by atoms with Gasteiger partial charge in [-0.1, -0.05) is 11.6 Å². The van der Waals surface area contributed by atoms with E-state index in [0.29, 0.717) is 0 Å². The maximum Gasteiger partial charge on any atom is 0.166 e. The van der Waals surface area contributed by atoms with Crippen molar-refractivity contribution < 1.29 is 13.9 Å². The highest BCUT2D eigenvalue weighted by atomic mass is 35.5. The molecule has 0 amide bonds. The predicted octanol–water partition coefficient (Wildman–Crippen LogP) is 1.73. The van der Waals surface area contributed by atoms with E-state index in [2.05, 4.69) is 5.32 Å². The summed E-state index contributed by atoms with van der Waals surface area (Å²) >= 11 is 5.55. The topological polar surface area (TPSA) is 35.5 Å². The van der Waals surface area contributed by atoms with Gasteiger partial charge in [0, 0.05) is 38.3 Å². The number of aromatic hydroxyl groups is 1.